The molecule has 6 nitrogen and oxygen atoms in total. The summed E-state index contributed by atoms with van der Waals surface area (Å²) in [4.78, 5) is 11.6. The van der Waals surface area contributed by atoms with Crippen LogP contribution in [-0.2, 0) is 6.42 Å². The molecule has 1 aliphatic rings. The molecule has 0 bridgehead atoms. The van der Waals surface area contributed by atoms with E-state index in [4.69, 9.17) is 4.98 Å². The number of allylic oxidation sites excluding steroid dienone is 2. The maximum atomic E-state index is 9.53. The summed E-state index contributed by atoms with van der Waals surface area (Å²) in [6, 6.07) is 0.327. The second-order valence-electron chi connectivity index (χ2n) is 7.02. The second-order valence-corrected chi connectivity index (χ2v) is 7.88. The van der Waals surface area contributed by atoms with Crippen LogP contribution in [-0.4, -0.2) is 45.1 Å². The van der Waals surface area contributed by atoms with Gasteiger partial charge in [0.25, 0.3) is 0 Å². The Morgan fingerprint density at radius 3 is 3.07 bits per heavy atom. The summed E-state index contributed by atoms with van der Waals surface area (Å²) in [5, 5.41) is 13.9. The predicted molar refractivity (Wildman–Crippen MR) is 118 cm³/mol. The molecule has 1 saturated heterocycles. The van der Waals surface area contributed by atoms with Crippen molar-refractivity contribution in [3.8, 4) is 0 Å². The van der Waals surface area contributed by atoms with Gasteiger partial charge in [-0.3, -0.25) is 4.99 Å². The predicted octanol–water partition coefficient (Wildman–Crippen LogP) is 4.33. The fourth-order valence-electron chi connectivity index (χ4n) is 3.73. The van der Waals surface area contributed by atoms with E-state index in [1.54, 1.807) is 12.4 Å². The highest BCUT2D eigenvalue weighted by Gasteiger charge is 2.26. The summed E-state index contributed by atoms with van der Waals surface area (Å²) in [5.41, 5.74) is 3.07. The van der Waals surface area contributed by atoms with Crippen molar-refractivity contribution >= 4 is 33.6 Å². The van der Waals surface area contributed by atoms with Crippen LogP contribution in [0.3, 0.4) is 0 Å². The number of hydrogen-bond donors (Lipinski definition) is 1. The van der Waals surface area contributed by atoms with Crippen LogP contribution in [0.5, 0.6) is 0 Å². The van der Waals surface area contributed by atoms with Gasteiger partial charge >= 0.3 is 0 Å². The molecule has 0 unspecified atom stereocenters. The quantitative estimate of drug-likeness (QED) is 0.484. The highest BCUT2D eigenvalue weighted by Crippen LogP contribution is 2.31. The molecule has 3 heterocycles. The molecule has 0 radical (unpaired) electrons. The van der Waals surface area contributed by atoms with E-state index in [1.165, 1.54) is 6.42 Å². The Bertz CT molecular complexity index is 871. The SMILES string of the molecule is C=C/C(=C\N=C/C)CCc1cn2ncc(Br)c2nc1N1CCCC[C@H]1CCO. The van der Waals surface area contributed by atoms with Gasteiger partial charge in [0.15, 0.2) is 5.65 Å². The third-order valence-corrected chi connectivity index (χ3v) is 5.76. The molecule has 150 valence electrons. The monoisotopic (exact) mass is 445 g/mol. The Labute approximate surface area is 174 Å². The summed E-state index contributed by atoms with van der Waals surface area (Å²) in [6.07, 6.45) is 15.2. The van der Waals surface area contributed by atoms with Gasteiger partial charge in [-0.25, -0.2) is 9.50 Å². The smallest absolute Gasteiger partial charge is 0.171 e. The van der Waals surface area contributed by atoms with Crippen molar-refractivity contribution in [1.29, 1.82) is 0 Å². The van der Waals surface area contributed by atoms with E-state index in [2.05, 4.69) is 43.7 Å². The Kier molecular flexibility index (Phi) is 7.39. The molecular weight excluding hydrogens is 418 g/mol. The average Bonchev–Trinajstić information content (AvgIpc) is 3.08. The summed E-state index contributed by atoms with van der Waals surface area (Å²) in [6.45, 7) is 6.98. The van der Waals surface area contributed by atoms with E-state index in [9.17, 15) is 5.11 Å². The molecule has 1 fully saturated rings. The molecule has 1 N–H and O–H groups in total. The fourth-order valence-corrected chi connectivity index (χ4v) is 4.10. The molecule has 1 aliphatic heterocycles. The maximum Gasteiger partial charge on any atom is 0.171 e. The number of fused-ring (bicyclic) bond motifs is 1. The van der Waals surface area contributed by atoms with Gasteiger partial charge in [-0.05, 0) is 67.0 Å². The van der Waals surface area contributed by atoms with Crippen LogP contribution in [0, 0.1) is 0 Å². The van der Waals surface area contributed by atoms with Crippen LogP contribution < -0.4 is 4.90 Å². The highest BCUT2D eigenvalue weighted by atomic mass is 79.9. The fraction of sp³-hybridized carbons (Fsp3) is 0.476. The second kappa shape index (κ2) is 9.98. The lowest BCUT2D eigenvalue weighted by atomic mass is 9.98. The van der Waals surface area contributed by atoms with E-state index in [-0.39, 0.29) is 6.61 Å². The standard InChI is InChI=1S/C21H28BrN5O/c1-3-16(13-23-4-2)8-9-17-15-27-21(19(22)14-24-27)25-20(17)26-11-6-5-7-18(26)10-12-28/h3-4,13-15,18,28H,1,5-12H2,2H3/b16-13+,23-4-/t18-/m0/s1. The normalized spacial score (nSPS) is 18.3. The molecule has 2 aromatic heterocycles. The van der Waals surface area contributed by atoms with E-state index in [0.717, 1.165) is 65.7 Å². The number of aliphatic hydroxyl groups is 1. The summed E-state index contributed by atoms with van der Waals surface area (Å²) < 4.78 is 2.72. The van der Waals surface area contributed by atoms with E-state index < -0.39 is 0 Å². The topological polar surface area (TPSA) is 66.0 Å². The van der Waals surface area contributed by atoms with Crippen molar-refractivity contribution in [2.24, 2.45) is 4.99 Å². The molecule has 7 heteroatoms. The minimum absolute atomic E-state index is 0.202. The number of halogens is 1. The van der Waals surface area contributed by atoms with Crippen molar-refractivity contribution in [3.05, 3.63) is 46.9 Å². The summed E-state index contributed by atoms with van der Waals surface area (Å²) in [5.74, 6) is 1.01. The minimum atomic E-state index is 0.202. The number of hydrogen-bond acceptors (Lipinski definition) is 5. The molecule has 2 aromatic rings. The Morgan fingerprint density at radius 1 is 1.46 bits per heavy atom. The van der Waals surface area contributed by atoms with E-state index >= 15 is 0 Å². The van der Waals surface area contributed by atoms with Gasteiger partial charge in [-0.1, -0.05) is 12.7 Å². The Hall–Kier alpha value is -1.99. The van der Waals surface area contributed by atoms with Crippen LogP contribution in [0.1, 0.15) is 44.6 Å². The number of anilines is 1. The molecule has 3 rings (SSSR count). The van der Waals surface area contributed by atoms with E-state index in [0.29, 0.717) is 6.04 Å². The van der Waals surface area contributed by atoms with Gasteiger partial charge in [0.2, 0.25) is 0 Å². The van der Waals surface area contributed by atoms with Crippen molar-refractivity contribution in [2.45, 2.75) is 51.5 Å². The molecule has 28 heavy (non-hydrogen) atoms. The van der Waals surface area contributed by atoms with Gasteiger partial charge in [0.1, 0.15) is 5.82 Å². The first-order chi connectivity index (χ1) is 13.7. The summed E-state index contributed by atoms with van der Waals surface area (Å²) in [7, 11) is 0. The van der Waals surface area contributed by atoms with Crippen molar-refractivity contribution in [3.63, 3.8) is 0 Å². The Morgan fingerprint density at radius 2 is 2.32 bits per heavy atom. The van der Waals surface area contributed by atoms with Gasteiger partial charge in [0, 0.05) is 43.4 Å². The van der Waals surface area contributed by atoms with Crippen molar-refractivity contribution in [1.82, 2.24) is 14.6 Å². The lowest BCUT2D eigenvalue weighted by Gasteiger charge is -2.37. The lowest BCUT2D eigenvalue weighted by Crippen LogP contribution is -2.41. The number of piperidine rings is 1. The lowest BCUT2D eigenvalue weighted by molar-refractivity contribution is 0.262. The Balaban J connectivity index is 1.97. The third kappa shape index (κ3) is 4.70. The minimum Gasteiger partial charge on any atom is -0.396 e. The number of rotatable bonds is 8. The van der Waals surface area contributed by atoms with Gasteiger partial charge in [-0.15, -0.1) is 0 Å². The zero-order chi connectivity index (χ0) is 19.9. The first-order valence-electron chi connectivity index (χ1n) is 9.87. The van der Waals surface area contributed by atoms with Crippen LogP contribution in [0.4, 0.5) is 5.82 Å². The molecule has 0 spiro atoms. The molecule has 0 aromatic carbocycles. The van der Waals surface area contributed by atoms with Gasteiger partial charge in [-0.2, -0.15) is 5.10 Å². The van der Waals surface area contributed by atoms with Crippen molar-refractivity contribution in [2.75, 3.05) is 18.1 Å². The zero-order valence-corrected chi connectivity index (χ0v) is 18.0. The largest absolute Gasteiger partial charge is 0.396 e. The zero-order valence-electron chi connectivity index (χ0n) is 16.4. The molecule has 0 saturated carbocycles. The highest BCUT2D eigenvalue weighted by molar-refractivity contribution is 9.10. The van der Waals surface area contributed by atoms with E-state index in [1.807, 2.05) is 23.7 Å². The molecule has 0 amide bonds. The maximum absolute atomic E-state index is 9.53. The number of nitrogens with zero attached hydrogens (tertiary/aromatic N) is 5. The molecule has 1 atom stereocenters. The number of aromatic nitrogens is 3. The molecular formula is C21H28BrN5O. The number of aliphatic imine (C=N–C) groups is 1. The number of aliphatic hydroxyl groups excluding tert-OH is 1. The average molecular weight is 446 g/mol. The van der Waals surface area contributed by atoms with Crippen LogP contribution >= 0.6 is 15.9 Å². The van der Waals surface area contributed by atoms with Crippen LogP contribution in [0.2, 0.25) is 0 Å². The van der Waals surface area contributed by atoms with Crippen LogP contribution in [0.15, 0.2) is 46.3 Å². The van der Waals surface area contributed by atoms with Crippen molar-refractivity contribution < 1.29 is 5.11 Å². The summed E-state index contributed by atoms with van der Waals surface area (Å²) >= 11 is 3.55. The van der Waals surface area contributed by atoms with Gasteiger partial charge < -0.3 is 10.0 Å². The van der Waals surface area contributed by atoms with Crippen LogP contribution in [0.25, 0.3) is 5.65 Å². The van der Waals surface area contributed by atoms with Gasteiger partial charge in [0.05, 0.1) is 10.7 Å². The number of aryl methyl sites for hydroxylation is 1. The third-order valence-electron chi connectivity index (χ3n) is 5.20. The first-order valence-corrected chi connectivity index (χ1v) is 10.7. The first kappa shape index (κ1) is 20.7. The molecule has 0 aliphatic carbocycles.